The molecular weight excluding hydrogens is 280 g/mol. The molecule has 3 rings (SSSR count). The number of nitrogens with zero attached hydrogens (tertiary/aromatic N) is 1. The molecule has 0 aliphatic carbocycles. The zero-order valence-electron chi connectivity index (χ0n) is 10.8. The highest BCUT2D eigenvalue weighted by molar-refractivity contribution is 7.71. The lowest BCUT2D eigenvalue weighted by Gasteiger charge is -2.17. The summed E-state index contributed by atoms with van der Waals surface area (Å²) >= 11 is 11.4. The van der Waals surface area contributed by atoms with E-state index in [0.717, 1.165) is 22.8 Å². The van der Waals surface area contributed by atoms with Crippen LogP contribution in [-0.2, 0) is 6.67 Å². The summed E-state index contributed by atoms with van der Waals surface area (Å²) in [6, 6.07) is 5.67. The SMILES string of the molecule is S=c1oc2ccc(Cl)cc2n1C[NH+]1CCCCCC1. The third-order valence-corrected chi connectivity index (χ3v) is 4.36. The van der Waals surface area contributed by atoms with Crippen LogP contribution in [0.15, 0.2) is 22.6 Å². The van der Waals surface area contributed by atoms with E-state index < -0.39 is 0 Å². The van der Waals surface area contributed by atoms with Crippen LogP contribution in [0.3, 0.4) is 0 Å². The zero-order valence-corrected chi connectivity index (χ0v) is 12.4. The van der Waals surface area contributed by atoms with E-state index in [4.69, 9.17) is 28.2 Å². The lowest BCUT2D eigenvalue weighted by atomic mass is 10.2. The summed E-state index contributed by atoms with van der Waals surface area (Å²) in [5.74, 6) is 0. The highest BCUT2D eigenvalue weighted by Crippen LogP contribution is 2.21. The average molecular weight is 298 g/mol. The number of fused-ring (bicyclic) bond motifs is 1. The second kappa shape index (κ2) is 5.65. The van der Waals surface area contributed by atoms with Gasteiger partial charge in [0.25, 0.3) is 4.84 Å². The summed E-state index contributed by atoms with van der Waals surface area (Å²) in [6.45, 7) is 3.32. The van der Waals surface area contributed by atoms with Crippen molar-refractivity contribution >= 4 is 34.9 Å². The van der Waals surface area contributed by atoms with Gasteiger partial charge in [-0.1, -0.05) is 11.6 Å². The average Bonchev–Trinajstić information content (AvgIpc) is 2.58. The molecule has 1 fully saturated rings. The van der Waals surface area contributed by atoms with Gasteiger partial charge < -0.3 is 9.32 Å². The lowest BCUT2D eigenvalue weighted by Crippen LogP contribution is -3.11. The van der Waals surface area contributed by atoms with Crippen molar-refractivity contribution in [1.82, 2.24) is 4.57 Å². The maximum atomic E-state index is 6.07. The third-order valence-electron chi connectivity index (χ3n) is 3.82. The first-order valence-electron chi connectivity index (χ1n) is 6.86. The molecule has 0 unspecified atom stereocenters. The number of hydrogen-bond acceptors (Lipinski definition) is 2. The monoisotopic (exact) mass is 297 g/mol. The number of likely N-dealkylation sites (tertiary alicyclic amines) is 1. The van der Waals surface area contributed by atoms with Crippen LogP contribution in [0.25, 0.3) is 11.1 Å². The van der Waals surface area contributed by atoms with Crippen LogP contribution in [0.4, 0.5) is 0 Å². The number of oxazole rings is 1. The topological polar surface area (TPSA) is 22.5 Å². The number of rotatable bonds is 2. The van der Waals surface area contributed by atoms with Gasteiger partial charge in [-0.3, -0.25) is 4.57 Å². The Morgan fingerprint density at radius 2 is 1.95 bits per heavy atom. The molecule has 5 heteroatoms. The first-order chi connectivity index (χ1) is 9.24. The molecule has 1 aromatic carbocycles. The molecule has 19 heavy (non-hydrogen) atoms. The van der Waals surface area contributed by atoms with E-state index in [0.29, 0.717) is 4.84 Å². The minimum absolute atomic E-state index is 0.550. The largest absolute Gasteiger partial charge is 0.429 e. The molecule has 1 aromatic heterocycles. The van der Waals surface area contributed by atoms with Gasteiger partial charge >= 0.3 is 0 Å². The molecule has 2 heterocycles. The molecular formula is C14H18ClN2OS+. The van der Waals surface area contributed by atoms with Crippen molar-refractivity contribution in [2.45, 2.75) is 32.4 Å². The van der Waals surface area contributed by atoms with E-state index in [1.807, 2.05) is 18.2 Å². The predicted octanol–water partition coefficient (Wildman–Crippen LogP) is 3.03. The Morgan fingerprint density at radius 3 is 2.68 bits per heavy atom. The second-order valence-corrected chi connectivity index (χ2v) is 6.02. The highest BCUT2D eigenvalue weighted by Gasteiger charge is 2.16. The van der Waals surface area contributed by atoms with Gasteiger partial charge in [0.05, 0.1) is 18.6 Å². The van der Waals surface area contributed by atoms with Crippen molar-refractivity contribution < 1.29 is 9.32 Å². The Balaban J connectivity index is 1.93. The Morgan fingerprint density at radius 1 is 1.21 bits per heavy atom. The van der Waals surface area contributed by atoms with Crippen molar-refractivity contribution in [1.29, 1.82) is 0 Å². The van der Waals surface area contributed by atoms with Gasteiger partial charge in [-0.05, 0) is 56.1 Å². The number of benzene rings is 1. The Kier molecular flexibility index (Phi) is 3.91. The van der Waals surface area contributed by atoms with Crippen LogP contribution in [0.2, 0.25) is 5.02 Å². The van der Waals surface area contributed by atoms with Gasteiger partial charge in [-0.15, -0.1) is 0 Å². The smallest absolute Gasteiger partial charge is 0.274 e. The van der Waals surface area contributed by atoms with E-state index in [1.54, 1.807) is 4.90 Å². The van der Waals surface area contributed by atoms with Crippen LogP contribution in [0.1, 0.15) is 25.7 Å². The van der Waals surface area contributed by atoms with Crippen molar-refractivity contribution in [2.24, 2.45) is 0 Å². The summed E-state index contributed by atoms with van der Waals surface area (Å²) in [5, 5.41) is 0.725. The fourth-order valence-corrected chi connectivity index (χ4v) is 3.21. The number of nitrogens with one attached hydrogen (secondary N) is 1. The molecule has 0 radical (unpaired) electrons. The maximum Gasteiger partial charge on any atom is 0.274 e. The molecule has 3 nitrogen and oxygen atoms in total. The van der Waals surface area contributed by atoms with Crippen LogP contribution in [0, 0.1) is 4.84 Å². The first-order valence-corrected chi connectivity index (χ1v) is 7.65. The van der Waals surface area contributed by atoms with Gasteiger partial charge in [0.1, 0.15) is 0 Å². The molecule has 1 saturated heterocycles. The third kappa shape index (κ3) is 2.86. The molecule has 0 saturated carbocycles. The molecule has 1 aliphatic heterocycles. The molecule has 1 aliphatic rings. The van der Waals surface area contributed by atoms with Crippen molar-refractivity contribution in [3.05, 3.63) is 28.1 Å². The van der Waals surface area contributed by atoms with Gasteiger partial charge in [0.15, 0.2) is 12.3 Å². The van der Waals surface area contributed by atoms with Crippen LogP contribution in [0.5, 0.6) is 0 Å². The Bertz CT molecular complexity index is 626. The van der Waals surface area contributed by atoms with E-state index in [1.165, 1.54) is 38.8 Å². The van der Waals surface area contributed by atoms with Crippen LogP contribution >= 0.6 is 23.8 Å². The van der Waals surface area contributed by atoms with Gasteiger partial charge in [-0.2, -0.15) is 0 Å². The van der Waals surface area contributed by atoms with E-state index in [2.05, 4.69) is 4.57 Å². The minimum Gasteiger partial charge on any atom is -0.429 e. The summed E-state index contributed by atoms with van der Waals surface area (Å²) < 4.78 is 7.71. The fourth-order valence-electron chi connectivity index (χ4n) is 2.80. The van der Waals surface area contributed by atoms with Crippen molar-refractivity contribution in [3.63, 3.8) is 0 Å². The number of halogens is 1. The lowest BCUT2D eigenvalue weighted by molar-refractivity contribution is -0.921. The first kappa shape index (κ1) is 13.2. The predicted molar refractivity (Wildman–Crippen MR) is 79.2 cm³/mol. The number of quaternary nitrogens is 1. The van der Waals surface area contributed by atoms with Crippen molar-refractivity contribution in [2.75, 3.05) is 13.1 Å². The number of aromatic nitrogens is 1. The standard InChI is InChI=1S/C14H17ClN2OS/c15-11-5-6-13-12(9-11)17(14(19)18-13)10-16-7-3-1-2-4-8-16/h5-6,9H,1-4,7-8,10H2/p+1. The summed E-state index contributed by atoms with van der Waals surface area (Å²) in [4.78, 5) is 2.13. The van der Waals surface area contributed by atoms with E-state index in [9.17, 15) is 0 Å². The maximum absolute atomic E-state index is 6.07. The number of hydrogen-bond donors (Lipinski definition) is 1. The summed E-state index contributed by atoms with van der Waals surface area (Å²) in [5.41, 5.74) is 1.83. The normalized spacial score (nSPS) is 17.7. The zero-order chi connectivity index (χ0) is 13.2. The van der Waals surface area contributed by atoms with E-state index in [-0.39, 0.29) is 0 Å². The Hall–Kier alpha value is -0.840. The molecule has 102 valence electrons. The van der Waals surface area contributed by atoms with Crippen LogP contribution in [-0.4, -0.2) is 17.7 Å². The molecule has 0 bridgehead atoms. The van der Waals surface area contributed by atoms with Gasteiger partial charge in [0.2, 0.25) is 0 Å². The molecule has 1 N–H and O–H groups in total. The fraction of sp³-hybridized carbons (Fsp3) is 0.500. The van der Waals surface area contributed by atoms with Crippen LogP contribution < -0.4 is 4.90 Å². The summed E-state index contributed by atoms with van der Waals surface area (Å²) in [7, 11) is 0. The minimum atomic E-state index is 0.550. The quantitative estimate of drug-likeness (QED) is 0.861. The van der Waals surface area contributed by atoms with E-state index >= 15 is 0 Å². The second-order valence-electron chi connectivity index (χ2n) is 5.23. The highest BCUT2D eigenvalue weighted by atomic mass is 35.5. The van der Waals surface area contributed by atoms with Gasteiger partial charge in [-0.25, -0.2) is 0 Å². The summed E-state index contributed by atoms with van der Waals surface area (Å²) in [6.07, 6.45) is 5.32. The van der Waals surface area contributed by atoms with Gasteiger partial charge in [0, 0.05) is 5.02 Å². The molecule has 0 atom stereocenters. The molecule has 2 aromatic rings. The molecule has 0 amide bonds. The molecule has 0 spiro atoms. The van der Waals surface area contributed by atoms with Crippen molar-refractivity contribution in [3.8, 4) is 0 Å². The Labute approximate surface area is 122 Å².